The summed E-state index contributed by atoms with van der Waals surface area (Å²) in [5, 5.41) is 3.42. The largest absolute Gasteiger partial charge is 0.494 e. The van der Waals surface area contributed by atoms with Gasteiger partial charge in [-0.2, -0.15) is 0 Å². The van der Waals surface area contributed by atoms with Crippen molar-refractivity contribution in [1.82, 2.24) is 0 Å². The van der Waals surface area contributed by atoms with Crippen molar-refractivity contribution in [2.45, 2.75) is 32.8 Å². The Bertz CT molecular complexity index is 706. The molecule has 0 saturated heterocycles. The summed E-state index contributed by atoms with van der Waals surface area (Å²) in [6, 6.07) is 12.5. The van der Waals surface area contributed by atoms with E-state index in [1.807, 2.05) is 24.3 Å². The van der Waals surface area contributed by atoms with Crippen molar-refractivity contribution >= 4 is 39.1 Å². The van der Waals surface area contributed by atoms with Crippen LogP contribution in [0.4, 0.5) is 5.69 Å². The molecule has 6 heteroatoms. The molecule has 0 spiro atoms. The number of carbonyl (C=O) groups excluding carboxylic acids is 1. The Morgan fingerprint density at radius 1 is 1.24 bits per heavy atom. The molecule has 0 bridgehead atoms. The second kappa shape index (κ2) is 9.68. The molecule has 1 N–H and O–H groups in total. The number of carbonyl (C=O) groups is 1. The van der Waals surface area contributed by atoms with Gasteiger partial charge in [-0.1, -0.05) is 24.9 Å². The van der Waals surface area contributed by atoms with E-state index >= 15 is 0 Å². The fourth-order valence-electron chi connectivity index (χ4n) is 2.03. The van der Waals surface area contributed by atoms with E-state index in [0.717, 1.165) is 18.6 Å². The van der Waals surface area contributed by atoms with Crippen molar-refractivity contribution < 1.29 is 14.3 Å². The van der Waals surface area contributed by atoms with Crippen LogP contribution >= 0.6 is 27.5 Å². The Hall–Kier alpha value is -1.72. The van der Waals surface area contributed by atoms with Gasteiger partial charge in [0.2, 0.25) is 0 Å². The van der Waals surface area contributed by atoms with E-state index in [1.54, 1.807) is 25.1 Å². The molecule has 0 fully saturated rings. The summed E-state index contributed by atoms with van der Waals surface area (Å²) in [5.74, 6) is 1.12. The topological polar surface area (TPSA) is 47.6 Å². The molecule has 2 aromatic carbocycles. The van der Waals surface area contributed by atoms with Crippen LogP contribution < -0.4 is 14.8 Å². The third-order valence-electron chi connectivity index (χ3n) is 3.46. The summed E-state index contributed by atoms with van der Waals surface area (Å²) in [6.07, 6.45) is 1.46. The average Bonchev–Trinajstić information content (AvgIpc) is 2.59. The highest BCUT2D eigenvalue weighted by Crippen LogP contribution is 2.29. The van der Waals surface area contributed by atoms with E-state index in [0.29, 0.717) is 27.5 Å². The lowest BCUT2D eigenvalue weighted by atomic mass is 10.2. The van der Waals surface area contributed by atoms with Gasteiger partial charge in [0.1, 0.15) is 11.5 Å². The van der Waals surface area contributed by atoms with Crippen LogP contribution in [0.25, 0.3) is 0 Å². The van der Waals surface area contributed by atoms with Gasteiger partial charge >= 0.3 is 0 Å². The molecular weight excluding hydrogens is 406 g/mol. The number of halogens is 2. The Kier molecular flexibility index (Phi) is 7.59. The van der Waals surface area contributed by atoms with Gasteiger partial charge in [0, 0.05) is 10.7 Å². The lowest BCUT2D eigenvalue weighted by molar-refractivity contribution is -0.122. The second-order valence-electron chi connectivity index (χ2n) is 5.55. The van der Waals surface area contributed by atoms with E-state index < -0.39 is 6.10 Å². The maximum Gasteiger partial charge on any atom is 0.265 e. The van der Waals surface area contributed by atoms with Crippen LogP contribution in [0, 0.1) is 0 Å². The predicted molar refractivity (Wildman–Crippen MR) is 105 cm³/mol. The minimum Gasteiger partial charge on any atom is -0.494 e. The predicted octanol–water partition coefficient (Wildman–Crippen LogP) is 5.69. The molecule has 0 aromatic heterocycles. The monoisotopic (exact) mass is 425 g/mol. The molecule has 0 radical (unpaired) electrons. The first kappa shape index (κ1) is 19.6. The van der Waals surface area contributed by atoms with E-state index in [1.165, 1.54) is 0 Å². The van der Waals surface area contributed by atoms with Crippen LogP contribution in [0.1, 0.15) is 26.7 Å². The third kappa shape index (κ3) is 6.25. The molecule has 2 rings (SSSR count). The van der Waals surface area contributed by atoms with Crippen LogP contribution in [0.5, 0.6) is 11.5 Å². The number of unbranched alkanes of at least 4 members (excludes halogenated alkanes) is 1. The first-order chi connectivity index (χ1) is 12.0. The smallest absolute Gasteiger partial charge is 0.265 e. The maximum absolute atomic E-state index is 12.3. The number of ether oxygens (including phenoxy) is 2. The molecular formula is C19H21BrClNO3. The second-order valence-corrected chi connectivity index (χ2v) is 6.84. The van der Waals surface area contributed by atoms with E-state index in [2.05, 4.69) is 28.2 Å². The van der Waals surface area contributed by atoms with Crippen LogP contribution in [-0.2, 0) is 4.79 Å². The van der Waals surface area contributed by atoms with Gasteiger partial charge in [0.05, 0.1) is 11.1 Å². The van der Waals surface area contributed by atoms with E-state index in [9.17, 15) is 4.79 Å². The maximum atomic E-state index is 12.3. The first-order valence-corrected chi connectivity index (χ1v) is 9.32. The van der Waals surface area contributed by atoms with Crippen LogP contribution in [0.3, 0.4) is 0 Å². The Balaban J connectivity index is 1.89. The fourth-order valence-corrected chi connectivity index (χ4v) is 2.80. The lowest BCUT2D eigenvalue weighted by Crippen LogP contribution is -2.30. The number of amides is 1. The summed E-state index contributed by atoms with van der Waals surface area (Å²) in [6.45, 7) is 4.51. The number of anilines is 1. The van der Waals surface area contributed by atoms with Gasteiger partial charge in [-0.3, -0.25) is 4.79 Å². The molecule has 4 nitrogen and oxygen atoms in total. The Labute approximate surface area is 161 Å². The van der Waals surface area contributed by atoms with Gasteiger partial charge in [-0.05, 0) is 71.7 Å². The van der Waals surface area contributed by atoms with Gasteiger partial charge in [-0.25, -0.2) is 0 Å². The highest BCUT2D eigenvalue weighted by molar-refractivity contribution is 9.10. The molecule has 2 aromatic rings. The number of benzene rings is 2. The zero-order chi connectivity index (χ0) is 18.2. The van der Waals surface area contributed by atoms with Crippen molar-refractivity contribution in [2.24, 2.45) is 0 Å². The quantitative estimate of drug-likeness (QED) is 0.552. The molecule has 0 aliphatic carbocycles. The average molecular weight is 427 g/mol. The third-order valence-corrected chi connectivity index (χ3v) is 4.31. The summed E-state index contributed by atoms with van der Waals surface area (Å²) >= 11 is 9.27. The van der Waals surface area contributed by atoms with Crippen LogP contribution in [0.15, 0.2) is 46.9 Å². The van der Waals surface area contributed by atoms with Gasteiger partial charge in [0.15, 0.2) is 6.10 Å². The summed E-state index contributed by atoms with van der Waals surface area (Å²) in [5.41, 5.74) is 0.693. The first-order valence-electron chi connectivity index (χ1n) is 8.15. The normalized spacial score (nSPS) is 11.7. The molecule has 0 aliphatic heterocycles. The van der Waals surface area contributed by atoms with Crippen molar-refractivity contribution in [3.63, 3.8) is 0 Å². The SMILES string of the molecule is CCCCOc1ccc(NC(=O)C(C)Oc2ccc(Cl)cc2Br)cc1. The molecule has 25 heavy (non-hydrogen) atoms. The van der Waals surface area contributed by atoms with Crippen LogP contribution in [0.2, 0.25) is 5.02 Å². The minimum atomic E-state index is -0.655. The minimum absolute atomic E-state index is 0.235. The summed E-state index contributed by atoms with van der Waals surface area (Å²) < 4.78 is 12.0. The molecule has 0 saturated carbocycles. The van der Waals surface area contributed by atoms with Crippen molar-refractivity contribution in [2.75, 3.05) is 11.9 Å². The number of hydrogen-bond acceptors (Lipinski definition) is 3. The molecule has 1 unspecified atom stereocenters. The Morgan fingerprint density at radius 3 is 2.60 bits per heavy atom. The zero-order valence-corrected chi connectivity index (χ0v) is 16.6. The number of rotatable bonds is 8. The van der Waals surface area contributed by atoms with Gasteiger partial charge in [-0.15, -0.1) is 0 Å². The number of nitrogens with one attached hydrogen (secondary N) is 1. The highest BCUT2D eigenvalue weighted by atomic mass is 79.9. The zero-order valence-electron chi connectivity index (χ0n) is 14.2. The van der Waals surface area contributed by atoms with Crippen molar-refractivity contribution in [1.29, 1.82) is 0 Å². The van der Waals surface area contributed by atoms with Crippen molar-refractivity contribution in [3.05, 3.63) is 52.0 Å². The standard InChI is InChI=1S/C19H21BrClNO3/c1-3-4-11-24-16-8-6-15(7-9-16)22-19(23)13(2)25-18-10-5-14(21)12-17(18)20/h5-10,12-13H,3-4,11H2,1-2H3,(H,22,23). The molecule has 0 aliphatic rings. The Morgan fingerprint density at radius 2 is 1.96 bits per heavy atom. The summed E-state index contributed by atoms with van der Waals surface area (Å²) in [7, 11) is 0. The lowest BCUT2D eigenvalue weighted by Gasteiger charge is -2.16. The van der Waals surface area contributed by atoms with E-state index in [-0.39, 0.29) is 5.91 Å². The summed E-state index contributed by atoms with van der Waals surface area (Å²) in [4.78, 5) is 12.3. The molecule has 1 amide bonds. The highest BCUT2D eigenvalue weighted by Gasteiger charge is 2.16. The van der Waals surface area contributed by atoms with Crippen molar-refractivity contribution in [3.8, 4) is 11.5 Å². The van der Waals surface area contributed by atoms with E-state index in [4.69, 9.17) is 21.1 Å². The van der Waals surface area contributed by atoms with Gasteiger partial charge in [0.25, 0.3) is 5.91 Å². The molecule has 0 heterocycles. The van der Waals surface area contributed by atoms with Crippen LogP contribution in [-0.4, -0.2) is 18.6 Å². The molecule has 1 atom stereocenters. The van der Waals surface area contributed by atoms with Gasteiger partial charge < -0.3 is 14.8 Å². The molecule has 134 valence electrons. The fraction of sp³-hybridized carbons (Fsp3) is 0.316. The number of hydrogen-bond donors (Lipinski definition) is 1.